The van der Waals surface area contributed by atoms with Gasteiger partial charge in [0.05, 0.1) is 13.2 Å². The van der Waals surface area contributed by atoms with Gasteiger partial charge < -0.3 is 15.4 Å². The predicted octanol–water partition coefficient (Wildman–Crippen LogP) is 1.76. The summed E-state index contributed by atoms with van der Waals surface area (Å²) in [6.45, 7) is 7.60. The third-order valence-corrected chi connectivity index (χ3v) is 4.55. The van der Waals surface area contributed by atoms with Crippen LogP contribution in [0.4, 0.5) is 10.1 Å². The Balaban J connectivity index is 1.73. The molecule has 0 saturated carbocycles. The molecular formula is C16H24FN3O. The maximum atomic E-state index is 13.5. The summed E-state index contributed by atoms with van der Waals surface area (Å²) in [6, 6.07) is 5.39. The van der Waals surface area contributed by atoms with E-state index in [-0.39, 0.29) is 11.9 Å². The van der Waals surface area contributed by atoms with Gasteiger partial charge in [-0.05, 0) is 37.1 Å². The lowest BCUT2D eigenvalue weighted by atomic mass is 10.1. The molecule has 2 heterocycles. The van der Waals surface area contributed by atoms with Crippen molar-refractivity contribution in [2.45, 2.75) is 25.4 Å². The number of rotatable bonds is 3. The minimum absolute atomic E-state index is 0.155. The fourth-order valence-electron chi connectivity index (χ4n) is 3.38. The average molecular weight is 293 g/mol. The van der Waals surface area contributed by atoms with Crippen LogP contribution in [-0.2, 0) is 4.74 Å². The van der Waals surface area contributed by atoms with E-state index in [2.05, 4.69) is 9.80 Å². The van der Waals surface area contributed by atoms with Gasteiger partial charge in [-0.15, -0.1) is 0 Å². The highest BCUT2D eigenvalue weighted by Crippen LogP contribution is 2.30. The summed E-state index contributed by atoms with van der Waals surface area (Å²) in [5.41, 5.74) is 7.99. The lowest BCUT2D eigenvalue weighted by molar-refractivity contribution is 0.0209. The van der Waals surface area contributed by atoms with Crippen molar-refractivity contribution in [3.8, 4) is 0 Å². The number of ether oxygens (including phenoxy) is 1. The molecule has 4 nitrogen and oxygen atoms in total. The Morgan fingerprint density at radius 2 is 2.05 bits per heavy atom. The number of nitrogens with zero attached hydrogens (tertiary/aromatic N) is 2. The maximum absolute atomic E-state index is 13.5. The van der Waals surface area contributed by atoms with Crippen molar-refractivity contribution in [3.63, 3.8) is 0 Å². The molecule has 2 fully saturated rings. The van der Waals surface area contributed by atoms with Crippen LogP contribution in [-0.4, -0.2) is 50.3 Å². The summed E-state index contributed by atoms with van der Waals surface area (Å²) in [5, 5.41) is 0. The summed E-state index contributed by atoms with van der Waals surface area (Å²) in [4.78, 5) is 4.86. The van der Waals surface area contributed by atoms with Crippen molar-refractivity contribution in [1.82, 2.24) is 4.90 Å². The Labute approximate surface area is 125 Å². The molecule has 1 unspecified atom stereocenters. The zero-order chi connectivity index (χ0) is 14.8. The molecule has 2 aliphatic heterocycles. The number of benzene rings is 1. The second-order valence-corrected chi connectivity index (χ2v) is 6.03. The van der Waals surface area contributed by atoms with Crippen LogP contribution < -0.4 is 10.6 Å². The van der Waals surface area contributed by atoms with Gasteiger partial charge in [-0.2, -0.15) is 0 Å². The molecule has 3 rings (SSSR count). The SMILES string of the molecule is C[C@H](N)c1cc(F)ccc1N1CCC(N2CCOCC2)C1. The number of hydrogen-bond donors (Lipinski definition) is 1. The molecule has 0 aromatic heterocycles. The van der Waals surface area contributed by atoms with Crippen molar-refractivity contribution in [3.05, 3.63) is 29.6 Å². The largest absolute Gasteiger partial charge is 0.379 e. The topological polar surface area (TPSA) is 41.7 Å². The van der Waals surface area contributed by atoms with Gasteiger partial charge in [-0.1, -0.05) is 0 Å². The van der Waals surface area contributed by atoms with E-state index in [1.807, 2.05) is 13.0 Å². The highest BCUT2D eigenvalue weighted by atomic mass is 19.1. The third kappa shape index (κ3) is 3.20. The van der Waals surface area contributed by atoms with Crippen LogP contribution in [0.3, 0.4) is 0 Å². The van der Waals surface area contributed by atoms with Gasteiger partial charge in [0.25, 0.3) is 0 Å². The molecule has 21 heavy (non-hydrogen) atoms. The zero-order valence-electron chi connectivity index (χ0n) is 12.6. The Morgan fingerprint density at radius 1 is 1.29 bits per heavy atom. The minimum atomic E-state index is -0.213. The van der Waals surface area contributed by atoms with Crippen molar-refractivity contribution >= 4 is 5.69 Å². The monoisotopic (exact) mass is 293 g/mol. The maximum Gasteiger partial charge on any atom is 0.123 e. The third-order valence-electron chi connectivity index (χ3n) is 4.55. The van der Waals surface area contributed by atoms with Crippen LogP contribution in [0.15, 0.2) is 18.2 Å². The van der Waals surface area contributed by atoms with Crippen LogP contribution in [0.1, 0.15) is 24.9 Å². The van der Waals surface area contributed by atoms with Gasteiger partial charge in [0, 0.05) is 44.0 Å². The summed E-state index contributed by atoms with van der Waals surface area (Å²) < 4.78 is 18.9. The van der Waals surface area contributed by atoms with Crippen LogP contribution in [0, 0.1) is 5.82 Å². The first-order valence-corrected chi connectivity index (χ1v) is 7.77. The smallest absolute Gasteiger partial charge is 0.123 e. The molecule has 0 bridgehead atoms. The lowest BCUT2D eigenvalue weighted by Gasteiger charge is -2.32. The van der Waals surface area contributed by atoms with Crippen LogP contribution >= 0.6 is 0 Å². The first-order valence-electron chi connectivity index (χ1n) is 7.77. The van der Waals surface area contributed by atoms with Gasteiger partial charge >= 0.3 is 0 Å². The van der Waals surface area contributed by atoms with E-state index in [1.54, 1.807) is 6.07 Å². The van der Waals surface area contributed by atoms with E-state index < -0.39 is 0 Å². The fraction of sp³-hybridized carbons (Fsp3) is 0.625. The number of anilines is 1. The van der Waals surface area contributed by atoms with Crippen molar-refractivity contribution in [2.24, 2.45) is 5.73 Å². The Kier molecular flexibility index (Phi) is 4.42. The highest BCUT2D eigenvalue weighted by Gasteiger charge is 2.30. The summed E-state index contributed by atoms with van der Waals surface area (Å²) in [6.07, 6.45) is 1.15. The minimum Gasteiger partial charge on any atom is -0.379 e. The quantitative estimate of drug-likeness (QED) is 0.922. The average Bonchev–Trinajstić information content (AvgIpc) is 2.97. The van der Waals surface area contributed by atoms with Gasteiger partial charge in [0.15, 0.2) is 0 Å². The molecule has 5 heteroatoms. The summed E-state index contributed by atoms with van der Waals surface area (Å²) >= 11 is 0. The first kappa shape index (κ1) is 14.8. The molecule has 0 aliphatic carbocycles. The fourth-order valence-corrected chi connectivity index (χ4v) is 3.38. The van der Waals surface area contributed by atoms with Crippen LogP contribution in [0.2, 0.25) is 0 Å². The van der Waals surface area contributed by atoms with Crippen molar-refractivity contribution in [1.29, 1.82) is 0 Å². The zero-order valence-corrected chi connectivity index (χ0v) is 12.6. The number of hydrogen-bond acceptors (Lipinski definition) is 4. The molecule has 1 aromatic rings. The number of nitrogens with two attached hydrogens (primary N) is 1. The lowest BCUT2D eigenvalue weighted by Crippen LogP contribution is -2.44. The highest BCUT2D eigenvalue weighted by molar-refractivity contribution is 5.56. The molecule has 2 aliphatic rings. The Bertz CT molecular complexity index is 488. The van der Waals surface area contributed by atoms with Crippen LogP contribution in [0.5, 0.6) is 0 Å². The van der Waals surface area contributed by atoms with E-state index in [0.717, 1.165) is 57.1 Å². The number of morpholine rings is 1. The predicted molar refractivity (Wildman–Crippen MR) is 82.0 cm³/mol. The van der Waals surface area contributed by atoms with Crippen molar-refractivity contribution < 1.29 is 9.13 Å². The van der Waals surface area contributed by atoms with E-state index in [4.69, 9.17) is 10.5 Å². The van der Waals surface area contributed by atoms with E-state index in [1.165, 1.54) is 6.07 Å². The molecule has 0 radical (unpaired) electrons. The first-order chi connectivity index (χ1) is 10.1. The second-order valence-electron chi connectivity index (χ2n) is 6.03. The van der Waals surface area contributed by atoms with E-state index in [9.17, 15) is 4.39 Å². The molecular weight excluding hydrogens is 269 g/mol. The van der Waals surface area contributed by atoms with Crippen LogP contribution in [0.25, 0.3) is 0 Å². The normalized spacial score (nSPS) is 25.3. The van der Waals surface area contributed by atoms with Gasteiger partial charge in [0.2, 0.25) is 0 Å². The van der Waals surface area contributed by atoms with Gasteiger partial charge in [0.1, 0.15) is 5.82 Å². The number of halogens is 1. The molecule has 2 atom stereocenters. The standard InChI is InChI=1S/C16H24FN3O/c1-12(18)15-10-13(17)2-3-16(15)20-5-4-14(11-20)19-6-8-21-9-7-19/h2-3,10,12,14H,4-9,11,18H2,1H3/t12-,14?/m0/s1. The van der Waals surface area contributed by atoms with E-state index in [0.29, 0.717) is 6.04 Å². The summed E-state index contributed by atoms with van der Waals surface area (Å²) in [5.74, 6) is -0.213. The Morgan fingerprint density at radius 3 is 2.76 bits per heavy atom. The van der Waals surface area contributed by atoms with Gasteiger partial charge in [-0.3, -0.25) is 4.90 Å². The molecule has 2 saturated heterocycles. The molecule has 1 aromatic carbocycles. The second kappa shape index (κ2) is 6.30. The molecule has 0 amide bonds. The summed E-state index contributed by atoms with van der Waals surface area (Å²) in [7, 11) is 0. The van der Waals surface area contributed by atoms with E-state index >= 15 is 0 Å². The van der Waals surface area contributed by atoms with Gasteiger partial charge in [-0.25, -0.2) is 4.39 Å². The van der Waals surface area contributed by atoms with Crippen molar-refractivity contribution in [2.75, 3.05) is 44.3 Å². The Hall–Kier alpha value is -1.17. The molecule has 2 N–H and O–H groups in total. The molecule has 116 valence electrons. The molecule has 0 spiro atoms.